The van der Waals surface area contributed by atoms with E-state index >= 15 is 0 Å². The molecule has 2 aromatic rings. The summed E-state index contributed by atoms with van der Waals surface area (Å²) < 4.78 is 0. The summed E-state index contributed by atoms with van der Waals surface area (Å²) in [6, 6.07) is 6.32. The van der Waals surface area contributed by atoms with Gasteiger partial charge in [0.15, 0.2) is 0 Å². The van der Waals surface area contributed by atoms with Crippen LogP contribution in [-0.2, 0) is 0 Å². The highest BCUT2D eigenvalue weighted by atomic mass is 16.6. The lowest BCUT2D eigenvalue weighted by atomic mass is 10.2. The second-order valence-corrected chi connectivity index (χ2v) is 2.75. The summed E-state index contributed by atoms with van der Waals surface area (Å²) in [4.78, 5) is 12.8. The van der Waals surface area contributed by atoms with Crippen LogP contribution in [0.3, 0.4) is 0 Å². The Balaban J connectivity index is 2.67. The first-order chi connectivity index (χ1) is 6.16. The molecule has 0 bridgehead atoms. The molecule has 0 aliphatic carbocycles. The van der Waals surface area contributed by atoms with Gasteiger partial charge in [-0.05, 0) is 12.1 Å². The zero-order valence-corrected chi connectivity index (χ0v) is 6.65. The standard InChI is InChI=1S/C8H7N3O2/c9-8-3-5-1-2-6(11(12)13)4-7(5)10-8/h1-4,10H,9H2. The Labute approximate surface area is 73.3 Å². The first-order valence-electron chi connectivity index (χ1n) is 3.69. The maximum Gasteiger partial charge on any atom is 0.271 e. The highest BCUT2D eigenvalue weighted by Crippen LogP contribution is 2.21. The number of nitrogens with one attached hydrogen (secondary N) is 1. The third kappa shape index (κ3) is 1.20. The molecule has 0 aliphatic heterocycles. The van der Waals surface area contributed by atoms with Crippen molar-refractivity contribution >= 4 is 22.4 Å². The fourth-order valence-electron chi connectivity index (χ4n) is 1.25. The maximum atomic E-state index is 10.4. The monoisotopic (exact) mass is 177 g/mol. The van der Waals surface area contributed by atoms with Crippen molar-refractivity contribution in [2.24, 2.45) is 0 Å². The number of fused-ring (bicyclic) bond motifs is 1. The summed E-state index contributed by atoms with van der Waals surface area (Å²) in [7, 11) is 0. The Morgan fingerprint density at radius 2 is 2.15 bits per heavy atom. The molecule has 13 heavy (non-hydrogen) atoms. The molecule has 2 rings (SSSR count). The number of hydrogen-bond acceptors (Lipinski definition) is 3. The first-order valence-corrected chi connectivity index (χ1v) is 3.69. The van der Waals surface area contributed by atoms with Crippen LogP contribution in [0.2, 0.25) is 0 Å². The number of nitrogens with zero attached hydrogens (tertiary/aromatic N) is 1. The number of aromatic nitrogens is 1. The lowest BCUT2D eigenvalue weighted by molar-refractivity contribution is -0.384. The number of anilines is 1. The SMILES string of the molecule is Nc1cc2ccc([N+](=O)[O-])cc2[nH]1. The average molecular weight is 177 g/mol. The average Bonchev–Trinajstić information content (AvgIpc) is 2.42. The molecule has 0 atom stereocenters. The lowest BCUT2D eigenvalue weighted by Crippen LogP contribution is -1.86. The molecular weight excluding hydrogens is 170 g/mol. The van der Waals surface area contributed by atoms with E-state index in [0.29, 0.717) is 11.3 Å². The largest absolute Gasteiger partial charge is 0.385 e. The topological polar surface area (TPSA) is 84.9 Å². The molecule has 0 spiro atoms. The molecule has 1 aromatic carbocycles. The van der Waals surface area contributed by atoms with Crippen molar-refractivity contribution in [1.29, 1.82) is 0 Å². The van der Waals surface area contributed by atoms with Gasteiger partial charge < -0.3 is 10.7 Å². The number of nitrogens with two attached hydrogens (primary N) is 1. The van der Waals surface area contributed by atoms with Gasteiger partial charge in [-0.3, -0.25) is 10.1 Å². The molecular formula is C8H7N3O2. The van der Waals surface area contributed by atoms with Gasteiger partial charge >= 0.3 is 0 Å². The Hall–Kier alpha value is -2.04. The lowest BCUT2D eigenvalue weighted by Gasteiger charge is -1.90. The molecule has 1 aromatic heterocycles. The number of nitrogen functional groups attached to an aromatic ring is 1. The van der Waals surface area contributed by atoms with Crippen LogP contribution in [0.4, 0.5) is 11.5 Å². The van der Waals surface area contributed by atoms with Crippen LogP contribution in [0.1, 0.15) is 0 Å². The number of H-pyrrole nitrogens is 1. The summed E-state index contributed by atoms with van der Waals surface area (Å²) in [5.41, 5.74) is 6.24. The van der Waals surface area contributed by atoms with E-state index in [9.17, 15) is 10.1 Å². The van der Waals surface area contributed by atoms with Gasteiger partial charge in [0.1, 0.15) is 5.82 Å². The highest BCUT2D eigenvalue weighted by molar-refractivity contribution is 5.85. The van der Waals surface area contributed by atoms with E-state index in [0.717, 1.165) is 5.39 Å². The van der Waals surface area contributed by atoms with Crippen molar-refractivity contribution in [3.63, 3.8) is 0 Å². The number of benzene rings is 1. The third-order valence-corrected chi connectivity index (χ3v) is 1.84. The van der Waals surface area contributed by atoms with Crippen LogP contribution in [0, 0.1) is 10.1 Å². The Morgan fingerprint density at radius 3 is 2.85 bits per heavy atom. The zero-order valence-electron chi connectivity index (χ0n) is 6.65. The summed E-state index contributed by atoms with van der Waals surface area (Å²) in [5.74, 6) is 0.510. The van der Waals surface area contributed by atoms with E-state index in [1.807, 2.05) is 0 Å². The van der Waals surface area contributed by atoms with Gasteiger partial charge in [0, 0.05) is 17.5 Å². The molecule has 0 aliphatic rings. The van der Waals surface area contributed by atoms with E-state index in [1.165, 1.54) is 12.1 Å². The van der Waals surface area contributed by atoms with Crippen LogP contribution < -0.4 is 5.73 Å². The second-order valence-electron chi connectivity index (χ2n) is 2.75. The fraction of sp³-hybridized carbons (Fsp3) is 0. The number of hydrogen-bond donors (Lipinski definition) is 2. The van der Waals surface area contributed by atoms with Crippen LogP contribution >= 0.6 is 0 Å². The molecule has 5 nitrogen and oxygen atoms in total. The number of non-ortho nitro benzene ring substituents is 1. The Bertz CT molecular complexity index is 475. The molecule has 66 valence electrons. The smallest absolute Gasteiger partial charge is 0.271 e. The predicted molar refractivity (Wildman–Crippen MR) is 49.4 cm³/mol. The molecule has 0 radical (unpaired) electrons. The van der Waals surface area contributed by atoms with Crippen molar-refractivity contribution in [3.05, 3.63) is 34.4 Å². The number of aromatic amines is 1. The van der Waals surface area contributed by atoms with Crippen molar-refractivity contribution in [3.8, 4) is 0 Å². The molecule has 5 heteroatoms. The molecule has 0 saturated heterocycles. The number of rotatable bonds is 1. The van der Waals surface area contributed by atoms with E-state index in [-0.39, 0.29) is 5.69 Å². The minimum atomic E-state index is -0.434. The van der Waals surface area contributed by atoms with Gasteiger partial charge in [0.2, 0.25) is 0 Å². The third-order valence-electron chi connectivity index (χ3n) is 1.84. The van der Waals surface area contributed by atoms with Crippen molar-refractivity contribution in [2.45, 2.75) is 0 Å². The Kier molecular flexibility index (Phi) is 1.45. The van der Waals surface area contributed by atoms with Crippen LogP contribution in [0.25, 0.3) is 10.9 Å². The Morgan fingerprint density at radius 1 is 1.38 bits per heavy atom. The molecule has 0 saturated carbocycles. The van der Waals surface area contributed by atoms with E-state index in [2.05, 4.69) is 4.98 Å². The summed E-state index contributed by atoms with van der Waals surface area (Å²) >= 11 is 0. The number of nitro benzene ring substituents is 1. The van der Waals surface area contributed by atoms with E-state index < -0.39 is 4.92 Å². The first kappa shape index (κ1) is 7.60. The van der Waals surface area contributed by atoms with Gasteiger partial charge in [0.25, 0.3) is 5.69 Å². The van der Waals surface area contributed by atoms with Gasteiger partial charge in [-0.2, -0.15) is 0 Å². The van der Waals surface area contributed by atoms with Crippen molar-refractivity contribution < 1.29 is 4.92 Å². The molecule has 0 fully saturated rings. The minimum absolute atomic E-state index is 0.0642. The van der Waals surface area contributed by atoms with Gasteiger partial charge in [-0.25, -0.2) is 0 Å². The quantitative estimate of drug-likeness (QED) is 0.513. The number of nitro groups is 1. The maximum absolute atomic E-state index is 10.4. The van der Waals surface area contributed by atoms with Crippen LogP contribution in [-0.4, -0.2) is 9.91 Å². The summed E-state index contributed by atoms with van der Waals surface area (Å²) in [6.07, 6.45) is 0. The molecule has 0 unspecified atom stereocenters. The fourth-order valence-corrected chi connectivity index (χ4v) is 1.25. The highest BCUT2D eigenvalue weighted by Gasteiger charge is 2.06. The predicted octanol–water partition coefficient (Wildman–Crippen LogP) is 1.66. The molecule has 3 N–H and O–H groups in total. The van der Waals surface area contributed by atoms with Gasteiger partial charge in [-0.15, -0.1) is 0 Å². The van der Waals surface area contributed by atoms with E-state index in [1.54, 1.807) is 12.1 Å². The van der Waals surface area contributed by atoms with Gasteiger partial charge in [-0.1, -0.05) is 0 Å². The summed E-state index contributed by atoms with van der Waals surface area (Å²) in [6.45, 7) is 0. The van der Waals surface area contributed by atoms with Crippen LogP contribution in [0.15, 0.2) is 24.3 Å². The van der Waals surface area contributed by atoms with Crippen molar-refractivity contribution in [1.82, 2.24) is 4.98 Å². The second kappa shape index (κ2) is 2.48. The molecule has 0 amide bonds. The minimum Gasteiger partial charge on any atom is -0.385 e. The summed E-state index contributed by atoms with van der Waals surface area (Å²) in [5, 5.41) is 11.3. The van der Waals surface area contributed by atoms with Crippen LogP contribution in [0.5, 0.6) is 0 Å². The molecule has 1 heterocycles. The normalized spacial score (nSPS) is 10.5. The van der Waals surface area contributed by atoms with E-state index in [4.69, 9.17) is 5.73 Å². The van der Waals surface area contributed by atoms with Crippen molar-refractivity contribution in [2.75, 3.05) is 5.73 Å². The van der Waals surface area contributed by atoms with Gasteiger partial charge in [0.05, 0.1) is 10.4 Å². The zero-order chi connectivity index (χ0) is 9.42.